The van der Waals surface area contributed by atoms with E-state index in [4.69, 9.17) is 0 Å². The Morgan fingerprint density at radius 2 is 1.68 bits per heavy atom. The molecule has 0 radical (unpaired) electrons. The van der Waals surface area contributed by atoms with E-state index >= 15 is 0 Å². The molecular formula is C14H22F5N3. The van der Waals surface area contributed by atoms with Crippen molar-refractivity contribution in [3.05, 3.63) is 11.4 Å². The largest absolute Gasteiger partial charge is 0.459 e. The second kappa shape index (κ2) is 7.37. The fourth-order valence-electron chi connectivity index (χ4n) is 2.17. The second-order valence-corrected chi connectivity index (χ2v) is 5.84. The first-order valence-electron chi connectivity index (χ1n) is 7.48. The molecule has 22 heavy (non-hydrogen) atoms. The highest BCUT2D eigenvalue weighted by atomic mass is 19.4. The molecule has 1 heterocycles. The monoisotopic (exact) mass is 327 g/mol. The first-order chi connectivity index (χ1) is 10.1. The number of nitrogens with zero attached hydrogens (tertiary/aromatic N) is 3. The summed E-state index contributed by atoms with van der Waals surface area (Å²) in [5.41, 5.74) is -1.38. The first kappa shape index (κ1) is 18.8. The molecule has 0 N–H and O–H groups in total. The molecule has 0 unspecified atom stereocenters. The molecule has 0 aromatic carbocycles. The Bertz CT molecular complexity index is 466. The smallest absolute Gasteiger partial charge is 0.249 e. The maximum absolute atomic E-state index is 13.6. The van der Waals surface area contributed by atoms with Gasteiger partial charge in [0.1, 0.15) is 0 Å². The second-order valence-electron chi connectivity index (χ2n) is 5.84. The summed E-state index contributed by atoms with van der Waals surface area (Å²) in [6, 6.07) is 0. The number of rotatable bonds is 8. The standard InChI is InChI=1S/C14H22F5N3/c1-4-5-6-7-8-22-11(9-10(2)3)12(20-21-22)13(15,16)14(17,18)19/h10H,4-9H2,1-3H3. The number of halogens is 5. The predicted molar refractivity (Wildman–Crippen MR) is 72.7 cm³/mol. The van der Waals surface area contributed by atoms with Gasteiger partial charge in [-0.2, -0.15) is 22.0 Å². The van der Waals surface area contributed by atoms with E-state index in [0.29, 0.717) is 13.0 Å². The van der Waals surface area contributed by atoms with E-state index < -0.39 is 17.8 Å². The van der Waals surface area contributed by atoms with Crippen LogP contribution in [0.1, 0.15) is 57.8 Å². The van der Waals surface area contributed by atoms with Crippen molar-refractivity contribution in [3.8, 4) is 0 Å². The minimum Gasteiger partial charge on any atom is -0.249 e. The summed E-state index contributed by atoms with van der Waals surface area (Å²) >= 11 is 0. The van der Waals surface area contributed by atoms with Crippen molar-refractivity contribution >= 4 is 0 Å². The molecule has 8 heteroatoms. The van der Waals surface area contributed by atoms with Gasteiger partial charge in [0.05, 0.1) is 5.69 Å². The SMILES string of the molecule is CCCCCCn1nnc(C(F)(F)C(F)(F)F)c1CC(C)C. The van der Waals surface area contributed by atoms with Crippen molar-refractivity contribution in [2.75, 3.05) is 0 Å². The molecule has 0 aliphatic heterocycles. The van der Waals surface area contributed by atoms with E-state index in [2.05, 4.69) is 10.3 Å². The van der Waals surface area contributed by atoms with E-state index in [1.165, 1.54) is 4.68 Å². The van der Waals surface area contributed by atoms with Crippen LogP contribution in [0.2, 0.25) is 0 Å². The number of aromatic nitrogens is 3. The van der Waals surface area contributed by atoms with E-state index in [9.17, 15) is 22.0 Å². The fourth-order valence-corrected chi connectivity index (χ4v) is 2.17. The Balaban J connectivity index is 3.05. The van der Waals surface area contributed by atoms with Crippen LogP contribution in [0.4, 0.5) is 22.0 Å². The predicted octanol–water partition coefficient (Wildman–Crippen LogP) is 4.71. The van der Waals surface area contributed by atoms with Crippen LogP contribution in [0.3, 0.4) is 0 Å². The van der Waals surface area contributed by atoms with Gasteiger partial charge in [0.15, 0.2) is 5.69 Å². The lowest BCUT2D eigenvalue weighted by atomic mass is 10.0. The summed E-state index contributed by atoms with van der Waals surface area (Å²) in [6.45, 7) is 5.85. The lowest BCUT2D eigenvalue weighted by Gasteiger charge is -2.19. The van der Waals surface area contributed by atoms with Gasteiger partial charge in [-0.1, -0.05) is 45.2 Å². The number of unbranched alkanes of at least 4 members (excludes halogenated alkanes) is 3. The molecule has 0 amide bonds. The van der Waals surface area contributed by atoms with Crippen molar-refractivity contribution in [1.82, 2.24) is 15.0 Å². The van der Waals surface area contributed by atoms with Crippen LogP contribution in [0.25, 0.3) is 0 Å². The summed E-state index contributed by atoms with van der Waals surface area (Å²) < 4.78 is 66.1. The van der Waals surface area contributed by atoms with Crippen molar-refractivity contribution in [3.63, 3.8) is 0 Å². The molecule has 1 aromatic heterocycles. The summed E-state index contributed by atoms with van der Waals surface area (Å²) in [4.78, 5) is 0. The van der Waals surface area contributed by atoms with Crippen molar-refractivity contribution in [2.24, 2.45) is 5.92 Å². The first-order valence-corrected chi connectivity index (χ1v) is 7.48. The highest BCUT2D eigenvalue weighted by Gasteiger charge is 2.61. The average Bonchev–Trinajstić information content (AvgIpc) is 2.76. The normalized spacial score (nSPS) is 13.1. The quantitative estimate of drug-likeness (QED) is 0.511. The summed E-state index contributed by atoms with van der Waals surface area (Å²) in [5.74, 6) is -5.05. The molecular weight excluding hydrogens is 305 g/mol. The third-order valence-corrected chi connectivity index (χ3v) is 3.32. The zero-order valence-electron chi connectivity index (χ0n) is 13.1. The number of aryl methyl sites for hydroxylation is 1. The van der Waals surface area contributed by atoms with Gasteiger partial charge in [-0.05, 0) is 18.8 Å². The van der Waals surface area contributed by atoms with Crippen LogP contribution < -0.4 is 0 Å². The molecule has 0 atom stereocenters. The maximum Gasteiger partial charge on any atom is 0.459 e. The van der Waals surface area contributed by atoms with Crippen LogP contribution in [0.5, 0.6) is 0 Å². The van der Waals surface area contributed by atoms with Gasteiger partial charge in [0.2, 0.25) is 0 Å². The van der Waals surface area contributed by atoms with Gasteiger partial charge in [0, 0.05) is 6.54 Å². The molecule has 1 aromatic rings. The highest BCUT2D eigenvalue weighted by molar-refractivity contribution is 5.18. The summed E-state index contributed by atoms with van der Waals surface area (Å²) in [7, 11) is 0. The van der Waals surface area contributed by atoms with Gasteiger partial charge in [-0.15, -0.1) is 5.10 Å². The van der Waals surface area contributed by atoms with Gasteiger partial charge in [-0.25, -0.2) is 4.68 Å². The topological polar surface area (TPSA) is 30.7 Å². The Morgan fingerprint density at radius 3 is 2.18 bits per heavy atom. The van der Waals surface area contributed by atoms with Gasteiger partial charge >= 0.3 is 12.1 Å². The van der Waals surface area contributed by atoms with E-state index in [1.807, 2.05) is 6.92 Å². The highest BCUT2D eigenvalue weighted by Crippen LogP contribution is 2.44. The van der Waals surface area contributed by atoms with Crippen molar-refractivity contribution < 1.29 is 22.0 Å². The zero-order chi connectivity index (χ0) is 17.0. The molecule has 0 fully saturated rings. The minimum atomic E-state index is -5.66. The fraction of sp³-hybridized carbons (Fsp3) is 0.857. The van der Waals surface area contributed by atoms with Gasteiger partial charge in [0.25, 0.3) is 0 Å². The molecule has 0 spiro atoms. The number of alkyl halides is 5. The Hall–Kier alpha value is -1.21. The van der Waals surface area contributed by atoms with Gasteiger partial charge < -0.3 is 0 Å². The van der Waals surface area contributed by atoms with Gasteiger partial charge in [-0.3, -0.25) is 0 Å². The van der Waals surface area contributed by atoms with E-state index in [1.54, 1.807) is 13.8 Å². The molecule has 0 aliphatic rings. The molecule has 3 nitrogen and oxygen atoms in total. The third kappa shape index (κ3) is 4.39. The molecule has 0 bridgehead atoms. The minimum absolute atomic E-state index is 0.0734. The van der Waals surface area contributed by atoms with Crippen LogP contribution in [0, 0.1) is 5.92 Å². The molecule has 0 saturated carbocycles. The Kier molecular flexibility index (Phi) is 6.31. The Labute approximate surface area is 126 Å². The molecule has 0 aliphatic carbocycles. The Morgan fingerprint density at radius 1 is 1.05 bits per heavy atom. The number of hydrogen-bond acceptors (Lipinski definition) is 2. The maximum atomic E-state index is 13.6. The summed E-state index contributed by atoms with van der Waals surface area (Å²) in [5, 5.41) is 6.68. The van der Waals surface area contributed by atoms with Crippen LogP contribution in [-0.2, 0) is 18.9 Å². The number of hydrogen-bond donors (Lipinski definition) is 0. The van der Waals surface area contributed by atoms with E-state index in [0.717, 1.165) is 19.3 Å². The van der Waals surface area contributed by atoms with Crippen molar-refractivity contribution in [2.45, 2.75) is 71.5 Å². The zero-order valence-corrected chi connectivity index (χ0v) is 13.1. The van der Waals surface area contributed by atoms with Crippen LogP contribution in [-0.4, -0.2) is 21.2 Å². The molecule has 1 rings (SSSR count). The average molecular weight is 327 g/mol. The lowest BCUT2D eigenvalue weighted by Crippen LogP contribution is -2.35. The van der Waals surface area contributed by atoms with E-state index in [-0.39, 0.29) is 18.0 Å². The lowest BCUT2D eigenvalue weighted by molar-refractivity contribution is -0.291. The van der Waals surface area contributed by atoms with Crippen LogP contribution >= 0.6 is 0 Å². The molecule has 128 valence electrons. The van der Waals surface area contributed by atoms with Crippen LogP contribution in [0.15, 0.2) is 0 Å². The van der Waals surface area contributed by atoms with Crippen molar-refractivity contribution in [1.29, 1.82) is 0 Å². The third-order valence-electron chi connectivity index (χ3n) is 3.32. The molecule has 0 saturated heterocycles. The summed E-state index contributed by atoms with van der Waals surface area (Å²) in [6.07, 6.45) is -2.03.